The third kappa shape index (κ3) is 3.36. The SMILES string of the molecule is CCN(CCO)C(=O)c1csc(-c2cccc(Cl)c2)n1. The van der Waals surface area contributed by atoms with E-state index in [4.69, 9.17) is 16.7 Å². The van der Waals surface area contributed by atoms with Crippen LogP contribution in [0.25, 0.3) is 10.6 Å². The van der Waals surface area contributed by atoms with E-state index < -0.39 is 0 Å². The van der Waals surface area contributed by atoms with Gasteiger partial charge in [0.25, 0.3) is 5.91 Å². The Balaban J connectivity index is 2.22. The number of amides is 1. The summed E-state index contributed by atoms with van der Waals surface area (Å²) in [5.41, 5.74) is 1.30. The van der Waals surface area contributed by atoms with Crippen LogP contribution in [0.5, 0.6) is 0 Å². The van der Waals surface area contributed by atoms with Gasteiger partial charge in [0.2, 0.25) is 0 Å². The van der Waals surface area contributed by atoms with Crippen LogP contribution >= 0.6 is 22.9 Å². The van der Waals surface area contributed by atoms with Crippen LogP contribution in [0.3, 0.4) is 0 Å². The minimum atomic E-state index is -0.161. The van der Waals surface area contributed by atoms with Crippen molar-refractivity contribution in [2.24, 2.45) is 0 Å². The lowest BCUT2D eigenvalue weighted by atomic mass is 10.2. The van der Waals surface area contributed by atoms with Gasteiger partial charge in [0.05, 0.1) is 6.61 Å². The van der Waals surface area contributed by atoms with Gasteiger partial charge in [-0.05, 0) is 19.1 Å². The Kier molecular flexibility index (Phi) is 5.11. The molecule has 0 fully saturated rings. The number of likely N-dealkylation sites (N-methyl/N-ethyl adjacent to an activating group) is 1. The second kappa shape index (κ2) is 6.83. The molecule has 1 aromatic carbocycles. The van der Waals surface area contributed by atoms with E-state index in [0.717, 1.165) is 10.6 Å². The molecule has 1 N–H and O–H groups in total. The highest BCUT2D eigenvalue weighted by molar-refractivity contribution is 7.13. The molecule has 0 unspecified atom stereocenters. The zero-order valence-electron chi connectivity index (χ0n) is 11.0. The topological polar surface area (TPSA) is 53.4 Å². The summed E-state index contributed by atoms with van der Waals surface area (Å²) < 4.78 is 0. The van der Waals surface area contributed by atoms with Gasteiger partial charge in [-0.25, -0.2) is 4.98 Å². The molecule has 0 radical (unpaired) electrons. The lowest BCUT2D eigenvalue weighted by Gasteiger charge is -2.18. The van der Waals surface area contributed by atoms with Crippen molar-refractivity contribution in [3.8, 4) is 10.6 Å². The van der Waals surface area contributed by atoms with Crippen LogP contribution in [0.15, 0.2) is 29.6 Å². The summed E-state index contributed by atoms with van der Waals surface area (Å²) in [6, 6.07) is 7.37. The fourth-order valence-corrected chi connectivity index (χ4v) is 2.79. The molecule has 0 aliphatic heterocycles. The van der Waals surface area contributed by atoms with Crippen molar-refractivity contribution >= 4 is 28.8 Å². The third-order valence-electron chi connectivity index (χ3n) is 2.83. The summed E-state index contributed by atoms with van der Waals surface area (Å²) >= 11 is 7.36. The van der Waals surface area contributed by atoms with Crippen molar-refractivity contribution in [3.63, 3.8) is 0 Å². The standard InChI is InChI=1S/C14H15ClN2O2S/c1-2-17(6-7-18)14(19)12-9-20-13(16-12)10-4-3-5-11(15)8-10/h3-5,8-9,18H,2,6-7H2,1H3. The first kappa shape index (κ1) is 15.0. The Hall–Kier alpha value is -1.43. The summed E-state index contributed by atoms with van der Waals surface area (Å²) in [7, 11) is 0. The first-order valence-corrected chi connectivity index (χ1v) is 7.53. The lowest BCUT2D eigenvalue weighted by molar-refractivity contribution is 0.0727. The number of hydrogen-bond donors (Lipinski definition) is 1. The second-order valence-corrected chi connectivity index (χ2v) is 5.45. The Bertz CT molecular complexity index is 600. The number of halogens is 1. The van der Waals surface area contributed by atoms with Crippen molar-refractivity contribution in [2.45, 2.75) is 6.92 Å². The van der Waals surface area contributed by atoms with Crippen molar-refractivity contribution in [2.75, 3.05) is 19.7 Å². The maximum atomic E-state index is 12.2. The van der Waals surface area contributed by atoms with E-state index in [1.165, 1.54) is 11.3 Å². The van der Waals surface area contributed by atoms with Crippen LogP contribution in [0.4, 0.5) is 0 Å². The minimum Gasteiger partial charge on any atom is -0.395 e. The van der Waals surface area contributed by atoms with Crippen LogP contribution in [0.2, 0.25) is 5.02 Å². The van der Waals surface area contributed by atoms with Crippen molar-refractivity contribution < 1.29 is 9.90 Å². The predicted molar refractivity (Wildman–Crippen MR) is 81.2 cm³/mol. The highest BCUT2D eigenvalue weighted by Crippen LogP contribution is 2.26. The molecule has 106 valence electrons. The van der Waals surface area contributed by atoms with E-state index >= 15 is 0 Å². The van der Waals surface area contributed by atoms with Gasteiger partial charge in [0.1, 0.15) is 10.7 Å². The normalized spacial score (nSPS) is 10.6. The van der Waals surface area contributed by atoms with Crippen molar-refractivity contribution in [1.29, 1.82) is 0 Å². The lowest BCUT2D eigenvalue weighted by Crippen LogP contribution is -2.33. The Morgan fingerprint density at radius 2 is 2.30 bits per heavy atom. The Morgan fingerprint density at radius 3 is 2.95 bits per heavy atom. The number of nitrogens with zero attached hydrogens (tertiary/aromatic N) is 2. The third-order valence-corrected chi connectivity index (χ3v) is 3.96. The molecule has 4 nitrogen and oxygen atoms in total. The molecule has 1 aromatic heterocycles. The minimum absolute atomic E-state index is 0.0507. The predicted octanol–water partition coefficient (Wildman–Crippen LogP) is 2.92. The van der Waals surface area contributed by atoms with Gasteiger partial charge in [-0.1, -0.05) is 23.7 Å². The highest BCUT2D eigenvalue weighted by atomic mass is 35.5. The number of thiazole rings is 1. The Labute approximate surface area is 126 Å². The molecule has 0 saturated carbocycles. The van der Waals surface area contributed by atoms with Crippen LogP contribution in [0.1, 0.15) is 17.4 Å². The molecule has 2 rings (SSSR count). The number of carbonyl (C=O) groups excluding carboxylic acids is 1. The molecule has 6 heteroatoms. The van der Waals surface area contributed by atoms with Gasteiger partial charge in [0.15, 0.2) is 0 Å². The average Bonchev–Trinajstić information content (AvgIpc) is 2.94. The molecule has 20 heavy (non-hydrogen) atoms. The molecule has 0 atom stereocenters. The van der Waals surface area contributed by atoms with Gasteiger partial charge in [-0.2, -0.15) is 0 Å². The van der Waals surface area contributed by atoms with E-state index in [1.54, 1.807) is 16.3 Å². The molecule has 0 saturated heterocycles. The molecule has 1 amide bonds. The fourth-order valence-electron chi connectivity index (χ4n) is 1.81. The van der Waals surface area contributed by atoms with Crippen LogP contribution in [-0.2, 0) is 0 Å². The summed E-state index contributed by atoms with van der Waals surface area (Å²) in [6.45, 7) is 2.69. The van der Waals surface area contributed by atoms with Crippen molar-refractivity contribution in [1.82, 2.24) is 9.88 Å². The molecule has 0 aliphatic rings. The van der Waals surface area contributed by atoms with E-state index in [9.17, 15) is 4.79 Å². The average molecular weight is 311 g/mol. The summed E-state index contributed by atoms with van der Waals surface area (Å²) in [6.07, 6.45) is 0. The Morgan fingerprint density at radius 1 is 1.50 bits per heavy atom. The van der Waals surface area contributed by atoms with E-state index in [1.807, 2.05) is 25.1 Å². The molecular formula is C14H15ClN2O2S. The molecule has 2 aromatic rings. The van der Waals surface area contributed by atoms with Gasteiger partial charge in [-0.15, -0.1) is 11.3 Å². The smallest absolute Gasteiger partial charge is 0.273 e. The monoisotopic (exact) mass is 310 g/mol. The van der Waals surface area contributed by atoms with Crippen LogP contribution < -0.4 is 0 Å². The fraction of sp³-hybridized carbons (Fsp3) is 0.286. The highest BCUT2D eigenvalue weighted by Gasteiger charge is 2.17. The summed E-state index contributed by atoms with van der Waals surface area (Å²) in [4.78, 5) is 18.1. The van der Waals surface area contributed by atoms with Crippen molar-refractivity contribution in [3.05, 3.63) is 40.4 Å². The van der Waals surface area contributed by atoms with Gasteiger partial charge in [0, 0.05) is 29.1 Å². The molecular weight excluding hydrogens is 296 g/mol. The molecule has 1 heterocycles. The first-order chi connectivity index (χ1) is 9.65. The summed E-state index contributed by atoms with van der Waals surface area (Å²) in [5, 5.41) is 12.1. The molecule has 0 bridgehead atoms. The number of carbonyl (C=O) groups is 1. The molecule has 0 aliphatic carbocycles. The van der Waals surface area contributed by atoms with Gasteiger partial charge in [-0.3, -0.25) is 4.79 Å². The second-order valence-electron chi connectivity index (χ2n) is 4.16. The van der Waals surface area contributed by atoms with E-state index in [0.29, 0.717) is 23.8 Å². The van der Waals surface area contributed by atoms with Gasteiger partial charge >= 0.3 is 0 Å². The van der Waals surface area contributed by atoms with E-state index in [-0.39, 0.29) is 12.5 Å². The maximum absolute atomic E-state index is 12.2. The van der Waals surface area contributed by atoms with Crippen LogP contribution in [-0.4, -0.2) is 40.6 Å². The number of aliphatic hydroxyl groups excluding tert-OH is 1. The first-order valence-electron chi connectivity index (χ1n) is 6.27. The zero-order valence-corrected chi connectivity index (χ0v) is 12.6. The zero-order chi connectivity index (χ0) is 14.5. The summed E-state index contributed by atoms with van der Waals surface area (Å²) in [5.74, 6) is -0.161. The van der Waals surface area contributed by atoms with Crippen LogP contribution in [0, 0.1) is 0 Å². The molecule has 0 spiro atoms. The number of aliphatic hydroxyl groups is 1. The largest absolute Gasteiger partial charge is 0.395 e. The number of benzene rings is 1. The number of aromatic nitrogens is 1. The maximum Gasteiger partial charge on any atom is 0.273 e. The number of rotatable bonds is 5. The van der Waals surface area contributed by atoms with E-state index in [2.05, 4.69) is 4.98 Å². The van der Waals surface area contributed by atoms with Gasteiger partial charge < -0.3 is 10.0 Å². The quantitative estimate of drug-likeness (QED) is 0.924. The number of hydrogen-bond acceptors (Lipinski definition) is 4.